The predicted molar refractivity (Wildman–Crippen MR) is 168 cm³/mol. The van der Waals surface area contributed by atoms with Gasteiger partial charge in [0, 0.05) is 10.8 Å². The van der Waals surface area contributed by atoms with Gasteiger partial charge in [0.2, 0.25) is 0 Å². The highest BCUT2D eigenvalue weighted by Crippen LogP contribution is 2.44. The molecule has 7 aromatic rings. The fraction of sp³-hybridized carbons (Fsp3) is 0. The van der Waals surface area contributed by atoms with Crippen LogP contribution in [0.1, 0.15) is 20.6 Å². The average molecular weight is 510 g/mol. The number of rotatable bonds is 5. The molecule has 1 heteroatoms. The number of allylic oxidation sites excluding steroid dienone is 4. The van der Waals surface area contributed by atoms with Crippen molar-refractivity contribution in [2.24, 2.45) is 0 Å². The second-order valence-electron chi connectivity index (χ2n) is 9.02. The lowest BCUT2D eigenvalue weighted by atomic mass is 9.85. The molecule has 1 nitrogen and oxygen atoms in total. The molecule has 1 aromatic heterocycles. The third-order valence-corrected chi connectivity index (χ3v) is 6.82. The van der Waals surface area contributed by atoms with E-state index in [9.17, 15) is 1.37 Å². The van der Waals surface area contributed by atoms with Gasteiger partial charge in [0.25, 0.3) is 0 Å². The standard InChI is InChI=1S/C38H26O/c1-2-3-4-5-13-26-14-12-15-27(24-26)37-30-17-6-8-19-32(30)38(33-20-9-7-18-31(33)37)28-22-23-36-34(25-28)29-16-10-11-21-35(29)39-36/h2-25H,1H2/b4-3-,13-5+/i1D,2D,3D,4D,5D,6D,7D,8D,9D,17D,19D/b2-1?,4-3-,13-5+. The van der Waals surface area contributed by atoms with Crippen LogP contribution in [-0.4, -0.2) is 0 Å². The van der Waals surface area contributed by atoms with E-state index in [2.05, 4.69) is 0 Å². The number of fused-ring (bicyclic) bond motifs is 5. The summed E-state index contributed by atoms with van der Waals surface area (Å²) in [5.74, 6) is 0. The zero-order valence-electron chi connectivity index (χ0n) is 31.6. The maximum atomic E-state index is 9.18. The monoisotopic (exact) mass is 509 g/mol. The van der Waals surface area contributed by atoms with Gasteiger partial charge in [-0.05, 0) is 73.6 Å². The fourth-order valence-corrected chi connectivity index (χ4v) is 5.21. The van der Waals surface area contributed by atoms with Crippen LogP contribution in [0.5, 0.6) is 0 Å². The molecule has 7 rings (SSSR count). The van der Waals surface area contributed by atoms with Crippen LogP contribution in [-0.2, 0) is 0 Å². The minimum Gasteiger partial charge on any atom is -0.456 e. The van der Waals surface area contributed by atoms with E-state index in [-0.39, 0.29) is 41.0 Å². The molecular formula is C38H26O. The Morgan fingerprint density at radius 1 is 0.615 bits per heavy atom. The zero-order valence-corrected chi connectivity index (χ0v) is 20.6. The molecule has 0 bridgehead atoms. The molecule has 0 saturated heterocycles. The molecule has 0 unspecified atom stereocenters. The summed E-state index contributed by atoms with van der Waals surface area (Å²) >= 11 is 0. The molecule has 0 N–H and O–H groups in total. The molecule has 0 aliphatic rings. The fourth-order valence-electron chi connectivity index (χ4n) is 5.21. The van der Waals surface area contributed by atoms with Crippen molar-refractivity contribution in [2.75, 3.05) is 0 Å². The van der Waals surface area contributed by atoms with Gasteiger partial charge in [0.1, 0.15) is 11.2 Å². The minimum absolute atomic E-state index is 0.0632. The van der Waals surface area contributed by atoms with Crippen LogP contribution < -0.4 is 0 Å². The molecular weight excluding hydrogens is 472 g/mol. The second kappa shape index (κ2) is 9.63. The van der Waals surface area contributed by atoms with Gasteiger partial charge in [-0.3, -0.25) is 0 Å². The van der Waals surface area contributed by atoms with Crippen molar-refractivity contribution in [2.45, 2.75) is 0 Å². The van der Waals surface area contributed by atoms with Crippen LogP contribution in [0.25, 0.3) is 71.8 Å². The summed E-state index contributed by atoms with van der Waals surface area (Å²) < 4.78 is 98.4. The van der Waals surface area contributed by atoms with Crippen molar-refractivity contribution in [3.8, 4) is 22.3 Å². The van der Waals surface area contributed by atoms with Crippen LogP contribution in [0.15, 0.2) is 150 Å². The van der Waals surface area contributed by atoms with Gasteiger partial charge in [-0.1, -0.05) is 128 Å². The Hall–Kier alpha value is -5.14. The Morgan fingerprint density at radius 2 is 1.36 bits per heavy atom. The molecule has 0 spiro atoms. The molecule has 0 atom stereocenters. The first-order chi connectivity index (χ1) is 23.9. The Morgan fingerprint density at radius 3 is 2.15 bits per heavy atom. The summed E-state index contributed by atoms with van der Waals surface area (Å²) in [4.78, 5) is 0. The smallest absolute Gasteiger partial charge is 0.135 e. The molecule has 0 amide bonds. The summed E-state index contributed by atoms with van der Waals surface area (Å²) in [6.45, 7) is 0.630. The van der Waals surface area contributed by atoms with E-state index in [1.807, 2.05) is 42.5 Å². The van der Waals surface area contributed by atoms with Gasteiger partial charge < -0.3 is 4.42 Å². The highest BCUT2D eigenvalue weighted by Gasteiger charge is 2.17. The summed E-state index contributed by atoms with van der Waals surface area (Å²) in [6.07, 6.45) is 1.34. The van der Waals surface area contributed by atoms with E-state index in [4.69, 9.17) is 18.1 Å². The zero-order chi connectivity index (χ0) is 35.6. The Kier molecular flexibility index (Phi) is 3.49. The lowest BCUT2D eigenvalue weighted by Gasteiger charge is -2.18. The molecule has 39 heavy (non-hydrogen) atoms. The van der Waals surface area contributed by atoms with Crippen LogP contribution in [0.3, 0.4) is 0 Å². The van der Waals surface area contributed by atoms with Crippen molar-refractivity contribution >= 4 is 49.6 Å². The summed E-state index contributed by atoms with van der Waals surface area (Å²) in [6, 6.07) is 19.5. The van der Waals surface area contributed by atoms with Gasteiger partial charge in [-0.15, -0.1) is 0 Å². The highest BCUT2D eigenvalue weighted by molar-refractivity contribution is 6.22. The topological polar surface area (TPSA) is 13.1 Å². The molecule has 1 heterocycles. The maximum absolute atomic E-state index is 9.18. The molecule has 6 aromatic carbocycles. The summed E-state index contributed by atoms with van der Waals surface area (Å²) in [7, 11) is 0. The lowest BCUT2D eigenvalue weighted by molar-refractivity contribution is 0.669. The van der Waals surface area contributed by atoms with Crippen molar-refractivity contribution in [1.82, 2.24) is 0 Å². The van der Waals surface area contributed by atoms with Crippen molar-refractivity contribution in [1.29, 1.82) is 0 Å². The number of hydrogen-bond acceptors (Lipinski definition) is 1. The van der Waals surface area contributed by atoms with Crippen LogP contribution >= 0.6 is 0 Å². The quantitative estimate of drug-likeness (QED) is 0.166. The molecule has 0 aliphatic carbocycles. The number of furan rings is 1. The Bertz CT molecular complexity index is 2670. The first-order valence-electron chi connectivity index (χ1n) is 17.9. The predicted octanol–water partition coefficient (Wildman–Crippen LogP) is 11.0. The van der Waals surface area contributed by atoms with E-state index in [0.29, 0.717) is 56.3 Å². The number of benzene rings is 6. The number of para-hydroxylation sites is 1. The lowest BCUT2D eigenvalue weighted by Crippen LogP contribution is -1.91. The Balaban J connectivity index is 1.60. The molecule has 0 aliphatic heterocycles. The van der Waals surface area contributed by atoms with E-state index in [1.165, 1.54) is 12.1 Å². The van der Waals surface area contributed by atoms with Gasteiger partial charge in [0.15, 0.2) is 0 Å². The highest BCUT2D eigenvalue weighted by atomic mass is 16.3. The molecule has 0 saturated carbocycles. The second-order valence-corrected chi connectivity index (χ2v) is 9.02. The van der Waals surface area contributed by atoms with Crippen LogP contribution in [0.4, 0.5) is 0 Å². The van der Waals surface area contributed by atoms with E-state index < -0.39 is 30.2 Å². The van der Waals surface area contributed by atoms with Gasteiger partial charge in [-0.2, -0.15) is 0 Å². The first kappa shape index (κ1) is 14.1. The van der Waals surface area contributed by atoms with E-state index >= 15 is 0 Å². The normalized spacial score (nSPS) is 17.3. The average Bonchev–Trinajstić information content (AvgIpc) is 3.49. The third-order valence-electron chi connectivity index (χ3n) is 6.82. The molecule has 184 valence electrons. The van der Waals surface area contributed by atoms with E-state index in [1.54, 1.807) is 30.3 Å². The largest absolute Gasteiger partial charge is 0.456 e. The molecule has 0 fully saturated rings. The van der Waals surface area contributed by atoms with Crippen molar-refractivity contribution < 1.29 is 19.5 Å². The Labute approximate surface area is 243 Å². The first-order valence-corrected chi connectivity index (χ1v) is 12.3. The van der Waals surface area contributed by atoms with Gasteiger partial charge in [-0.25, -0.2) is 0 Å². The third kappa shape index (κ3) is 3.96. The summed E-state index contributed by atoms with van der Waals surface area (Å²) in [5, 5.41) is 3.14. The minimum atomic E-state index is -0.572. The maximum Gasteiger partial charge on any atom is 0.135 e. The SMILES string of the molecule is [2H]C=C([2H])/C([2H])=C([2H])\C([2H])=C\c1cccc(-c2c3cc([2H])c([2H])cc3c(-c3ccc4oc5ccccc5c4c3)c3c([2H])c([2H])c([2H])c([2H])c23)c1. The van der Waals surface area contributed by atoms with Gasteiger partial charge in [0.05, 0.1) is 15.1 Å². The number of hydrogen-bond donors (Lipinski definition) is 0. The van der Waals surface area contributed by atoms with Crippen molar-refractivity contribution in [3.05, 3.63) is 151 Å². The van der Waals surface area contributed by atoms with Gasteiger partial charge >= 0.3 is 0 Å². The van der Waals surface area contributed by atoms with Crippen LogP contribution in [0.2, 0.25) is 0 Å². The molecule has 0 radical (unpaired) electrons. The van der Waals surface area contributed by atoms with Crippen molar-refractivity contribution in [3.63, 3.8) is 0 Å². The van der Waals surface area contributed by atoms with Crippen LogP contribution in [0, 0.1) is 0 Å². The summed E-state index contributed by atoms with van der Waals surface area (Å²) in [5.41, 5.74) is 3.82. The van der Waals surface area contributed by atoms with E-state index in [0.717, 1.165) is 10.8 Å².